The highest BCUT2D eigenvalue weighted by atomic mass is 16.5. The van der Waals surface area contributed by atoms with Crippen LogP contribution in [-0.4, -0.2) is 22.2 Å². The zero-order valence-electron chi connectivity index (χ0n) is 10.4. The van der Waals surface area contributed by atoms with Gasteiger partial charge in [0.15, 0.2) is 12.0 Å². The molecule has 1 unspecified atom stereocenters. The van der Waals surface area contributed by atoms with Crippen LogP contribution in [0, 0.1) is 0 Å². The Morgan fingerprint density at radius 3 is 2.94 bits per heavy atom. The zero-order chi connectivity index (χ0) is 12.5. The summed E-state index contributed by atoms with van der Waals surface area (Å²) in [6.07, 6.45) is 3.18. The van der Waals surface area contributed by atoms with Crippen LogP contribution in [0.5, 0.6) is 0 Å². The molecule has 0 bridgehead atoms. The first kappa shape index (κ1) is 11.4. The van der Waals surface area contributed by atoms with E-state index < -0.39 is 0 Å². The topological polar surface area (TPSA) is 44.1 Å². The van der Waals surface area contributed by atoms with Gasteiger partial charge in [0, 0.05) is 18.9 Å². The number of para-hydroxylation sites is 1. The molecule has 4 heteroatoms. The number of ketones is 1. The SMILES string of the molecule is CC(=O)c1nn(C2CCCCO2)c2ccccc12. The first-order chi connectivity index (χ1) is 8.77. The Morgan fingerprint density at radius 2 is 2.22 bits per heavy atom. The van der Waals surface area contributed by atoms with Crippen molar-refractivity contribution in [3.8, 4) is 0 Å². The van der Waals surface area contributed by atoms with Gasteiger partial charge in [-0.15, -0.1) is 0 Å². The largest absolute Gasteiger partial charge is 0.356 e. The molecule has 0 N–H and O–H groups in total. The highest BCUT2D eigenvalue weighted by molar-refractivity contribution is 6.04. The molecule has 94 valence electrons. The third-order valence-corrected chi connectivity index (χ3v) is 3.38. The van der Waals surface area contributed by atoms with E-state index in [-0.39, 0.29) is 12.0 Å². The maximum atomic E-state index is 11.6. The van der Waals surface area contributed by atoms with E-state index in [0.29, 0.717) is 5.69 Å². The molecule has 0 aliphatic carbocycles. The van der Waals surface area contributed by atoms with Crippen molar-refractivity contribution in [2.45, 2.75) is 32.4 Å². The van der Waals surface area contributed by atoms with Crippen LogP contribution in [0.1, 0.15) is 42.9 Å². The number of fused-ring (bicyclic) bond motifs is 1. The fourth-order valence-corrected chi connectivity index (χ4v) is 2.49. The molecule has 1 aliphatic rings. The van der Waals surface area contributed by atoms with E-state index >= 15 is 0 Å². The second kappa shape index (κ2) is 4.53. The third kappa shape index (κ3) is 1.82. The quantitative estimate of drug-likeness (QED) is 0.763. The minimum Gasteiger partial charge on any atom is -0.356 e. The normalized spacial score (nSPS) is 20.2. The minimum absolute atomic E-state index is 0.000703. The zero-order valence-corrected chi connectivity index (χ0v) is 10.4. The smallest absolute Gasteiger partial charge is 0.180 e. The second-order valence-electron chi connectivity index (χ2n) is 4.69. The molecule has 3 rings (SSSR count). The average molecular weight is 244 g/mol. The molecule has 2 aromatic rings. The molecule has 0 spiro atoms. The predicted molar refractivity (Wildman–Crippen MR) is 68.6 cm³/mol. The van der Waals surface area contributed by atoms with E-state index in [0.717, 1.165) is 36.8 Å². The van der Waals surface area contributed by atoms with Crippen molar-refractivity contribution in [1.82, 2.24) is 9.78 Å². The van der Waals surface area contributed by atoms with E-state index in [9.17, 15) is 4.79 Å². The summed E-state index contributed by atoms with van der Waals surface area (Å²) in [5, 5.41) is 5.37. The molecule has 18 heavy (non-hydrogen) atoms. The molecule has 4 nitrogen and oxygen atoms in total. The summed E-state index contributed by atoms with van der Waals surface area (Å²) in [4.78, 5) is 11.6. The maximum Gasteiger partial charge on any atom is 0.180 e. The maximum absolute atomic E-state index is 11.6. The van der Waals surface area contributed by atoms with Crippen molar-refractivity contribution < 1.29 is 9.53 Å². The van der Waals surface area contributed by atoms with Gasteiger partial charge in [0.1, 0.15) is 5.69 Å². The molecule has 1 aliphatic heterocycles. The van der Waals surface area contributed by atoms with Crippen LogP contribution in [0.4, 0.5) is 0 Å². The summed E-state index contributed by atoms with van der Waals surface area (Å²) in [5.41, 5.74) is 1.52. The van der Waals surface area contributed by atoms with Crippen molar-refractivity contribution in [3.05, 3.63) is 30.0 Å². The van der Waals surface area contributed by atoms with Gasteiger partial charge in [-0.05, 0) is 25.3 Å². The lowest BCUT2D eigenvalue weighted by Gasteiger charge is -2.23. The van der Waals surface area contributed by atoms with Gasteiger partial charge in [0.2, 0.25) is 0 Å². The number of hydrogen-bond donors (Lipinski definition) is 0. The summed E-state index contributed by atoms with van der Waals surface area (Å²) in [7, 11) is 0. The van der Waals surface area contributed by atoms with E-state index in [2.05, 4.69) is 5.10 Å². The van der Waals surface area contributed by atoms with Gasteiger partial charge < -0.3 is 4.74 Å². The third-order valence-electron chi connectivity index (χ3n) is 3.38. The van der Waals surface area contributed by atoms with Gasteiger partial charge in [-0.3, -0.25) is 4.79 Å². The average Bonchev–Trinajstić information content (AvgIpc) is 2.79. The van der Waals surface area contributed by atoms with Crippen molar-refractivity contribution in [3.63, 3.8) is 0 Å². The molecule has 1 aromatic heterocycles. The number of Topliss-reactive ketones (excluding diaryl/α,β-unsaturated/α-hetero) is 1. The number of hydrogen-bond acceptors (Lipinski definition) is 3. The lowest BCUT2D eigenvalue weighted by molar-refractivity contribution is -0.0367. The molecule has 0 amide bonds. The predicted octanol–water partition coefficient (Wildman–Crippen LogP) is 2.94. The molecule has 1 aromatic carbocycles. The van der Waals surface area contributed by atoms with Crippen molar-refractivity contribution in [2.75, 3.05) is 6.61 Å². The Kier molecular flexibility index (Phi) is 2.88. The first-order valence-electron chi connectivity index (χ1n) is 6.37. The summed E-state index contributed by atoms with van der Waals surface area (Å²) >= 11 is 0. The highest BCUT2D eigenvalue weighted by Crippen LogP contribution is 2.28. The monoisotopic (exact) mass is 244 g/mol. The molecule has 1 fully saturated rings. The van der Waals surface area contributed by atoms with Gasteiger partial charge in [0.05, 0.1) is 5.52 Å². The van der Waals surface area contributed by atoms with E-state index in [1.807, 2.05) is 28.9 Å². The molecular formula is C14H16N2O2. The van der Waals surface area contributed by atoms with Gasteiger partial charge in [-0.1, -0.05) is 18.2 Å². The Morgan fingerprint density at radius 1 is 1.39 bits per heavy atom. The first-order valence-corrected chi connectivity index (χ1v) is 6.37. The molecular weight excluding hydrogens is 228 g/mol. The van der Waals surface area contributed by atoms with Gasteiger partial charge in [0.25, 0.3) is 0 Å². The number of ether oxygens (including phenoxy) is 1. The fraction of sp³-hybridized carbons (Fsp3) is 0.429. The Hall–Kier alpha value is -1.68. The summed E-state index contributed by atoms with van der Waals surface area (Å²) in [6.45, 7) is 2.33. The molecule has 1 saturated heterocycles. The fourth-order valence-electron chi connectivity index (χ4n) is 2.49. The van der Waals surface area contributed by atoms with Crippen LogP contribution in [0.2, 0.25) is 0 Å². The number of benzene rings is 1. The number of aromatic nitrogens is 2. The van der Waals surface area contributed by atoms with Crippen LogP contribution in [-0.2, 0) is 4.74 Å². The molecule has 0 radical (unpaired) electrons. The number of carbonyl (C=O) groups excluding carboxylic acids is 1. The Bertz CT molecular complexity index is 582. The summed E-state index contributed by atoms with van der Waals surface area (Å²) in [5.74, 6) is 0.000703. The van der Waals surface area contributed by atoms with Crippen LogP contribution >= 0.6 is 0 Å². The summed E-state index contributed by atoms with van der Waals surface area (Å²) in [6, 6.07) is 7.83. The highest BCUT2D eigenvalue weighted by Gasteiger charge is 2.21. The molecule has 1 atom stereocenters. The number of nitrogens with zero attached hydrogens (tertiary/aromatic N) is 2. The lowest BCUT2D eigenvalue weighted by Crippen LogP contribution is -2.19. The van der Waals surface area contributed by atoms with Crippen LogP contribution < -0.4 is 0 Å². The standard InChI is InChI=1S/C14H16N2O2/c1-10(17)14-11-6-2-3-7-12(11)16(15-14)13-8-4-5-9-18-13/h2-3,6-7,13H,4-5,8-9H2,1H3. The number of carbonyl (C=O) groups is 1. The van der Waals surface area contributed by atoms with Crippen molar-refractivity contribution >= 4 is 16.7 Å². The summed E-state index contributed by atoms with van der Waals surface area (Å²) < 4.78 is 7.62. The molecule has 0 saturated carbocycles. The van der Waals surface area contributed by atoms with Crippen molar-refractivity contribution in [2.24, 2.45) is 0 Å². The molecule has 2 heterocycles. The van der Waals surface area contributed by atoms with E-state index in [1.54, 1.807) is 6.92 Å². The Balaban J connectivity index is 2.13. The lowest BCUT2D eigenvalue weighted by atomic mass is 10.1. The van der Waals surface area contributed by atoms with Gasteiger partial charge in [-0.25, -0.2) is 4.68 Å². The second-order valence-corrected chi connectivity index (χ2v) is 4.69. The van der Waals surface area contributed by atoms with Crippen LogP contribution in [0.15, 0.2) is 24.3 Å². The minimum atomic E-state index is -0.0308. The van der Waals surface area contributed by atoms with Crippen LogP contribution in [0.25, 0.3) is 10.9 Å². The van der Waals surface area contributed by atoms with E-state index in [4.69, 9.17) is 4.74 Å². The van der Waals surface area contributed by atoms with E-state index in [1.165, 1.54) is 0 Å². The Labute approximate surface area is 106 Å². The van der Waals surface area contributed by atoms with Crippen LogP contribution in [0.3, 0.4) is 0 Å². The van der Waals surface area contributed by atoms with Gasteiger partial charge in [-0.2, -0.15) is 5.10 Å². The van der Waals surface area contributed by atoms with Crippen molar-refractivity contribution in [1.29, 1.82) is 0 Å². The van der Waals surface area contributed by atoms with Gasteiger partial charge >= 0.3 is 0 Å². The number of rotatable bonds is 2.